The maximum atomic E-state index is 12.5. The Balaban J connectivity index is 1.44. The number of hydrogen-bond acceptors (Lipinski definition) is 5. The second-order valence-electron chi connectivity index (χ2n) is 6.70. The van der Waals surface area contributed by atoms with E-state index in [-0.39, 0.29) is 11.2 Å². The van der Waals surface area contributed by atoms with Crippen molar-refractivity contribution in [3.8, 4) is 5.75 Å². The van der Waals surface area contributed by atoms with Crippen molar-refractivity contribution in [1.29, 1.82) is 0 Å². The molecule has 2 saturated carbocycles. The number of carbonyl (C=O) groups excluding carboxylic acids is 1. The lowest BCUT2D eigenvalue weighted by Crippen LogP contribution is -2.23. The Morgan fingerprint density at radius 1 is 1.32 bits per heavy atom. The van der Waals surface area contributed by atoms with Crippen LogP contribution in [0.25, 0.3) is 0 Å². The molecule has 1 N–H and O–H groups in total. The third-order valence-electron chi connectivity index (χ3n) is 4.53. The Morgan fingerprint density at radius 2 is 2.12 bits per heavy atom. The molecule has 2 aliphatic rings. The standard InChI is InChI=1S/C18H22N4O2S/c1-11(17(23)19-13-4-3-5-15(10-13)24-2)25-18-21-20-16(12-6-7-12)22(18)14-8-9-14/h3-5,10-12,14H,6-9H2,1-2H3,(H,19,23)/t11-/m0/s1. The quantitative estimate of drug-likeness (QED) is 0.766. The zero-order chi connectivity index (χ0) is 17.4. The third kappa shape index (κ3) is 3.66. The van der Waals surface area contributed by atoms with Crippen LogP contribution in [0.1, 0.15) is 50.4 Å². The molecule has 1 aromatic heterocycles. The summed E-state index contributed by atoms with van der Waals surface area (Å²) in [4.78, 5) is 12.5. The maximum Gasteiger partial charge on any atom is 0.237 e. The Morgan fingerprint density at radius 3 is 2.80 bits per heavy atom. The maximum absolute atomic E-state index is 12.5. The number of aromatic nitrogens is 3. The number of nitrogens with one attached hydrogen (secondary N) is 1. The van der Waals surface area contributed by atoms with Gasteiger partial charge >= 0.3 is 0 Å². The molecule has 2 aliphatic carbocycles. The molecule has 132 valence electrons. The summed E-state index contributed by atoms with van der Waals surface area (Å²) >= 11 is 1.49. The van der Waals surface area contributed by atoms with Gasteiger partial charge in [-0.15, -0.1) is 10.2 Å². The monoisotopic (exact) mass is 358 g/mol. The number of amides is 1. The van der Waals surface area contributed by atoms with E-state index in [1.54, 1.807) is 7.11 Å². The van der Waals surface area contributed by atoms with E-state index in [0.29, 0.717) is 12.0 Å². The fourth-order valence-electron chi connectivity index (χ4n) is 2.82. The van der Waals surface area contributed by atoms with Crippen LogP contribution in [-0.2, 0) is 4.79 Å². The summed E-state index contributed by atoms with van der Waals surface area (Å²) in [5.41, 5.74) is 0.735. The minimum absolute atomic E-state index is 0.0448. The lowest BCUT2D eigenvalue weighted by atomic mass is 10.3. The van der Waals surface area contributed by atoms with Crippen LogP contribution >= 0.6 is 11.8 Å². The minimum Gasteiger partial charge on any atom is -0.497 e. The first-order valence-electron chi connectivity index (χ1n) is 8.72. The van der Waals surface area contributed by atoms with Crippen LogP contribution in [0.3, 0.4) is 0 Å². The van der Waals surface area contributed by atoms with Gasteiger partial charge in [0.2, 0.25) is 5.91 Å². The summed E-state index contributed by atoms with van der Waals surface area (Å²) in [5, 5.41) is 12.3. The van der Waals surface area contributed by atoms with Crippen LogP contribution in [0, 0.1) is 0 Å². The lowest BCUT2D eigenvalue weighted by molar-refractivity contribution is -0.115. The molecule has 1 aromatic carbocycles. The molecule has 0 unspecified atom stereocenters. The summed E-state index contributed by atoms with van der Waals surface area (Å²) in [6, 6.07) is 7.91. The van der Waals surface area contributed by atoms with Crippen molar-refractivity contribution in [1.82, 2.24) is 14.8 Å². The van der Waals surface area contributed by atoms with E-state index in [1.807, 2.05) is 31.2 Å². The van der Waals surface area contributed by atoms with Crippen LogP contribution in [0.4, 0.5) is 5.69 Å². The highest BCUT2D eigenvalue weighted by molar-refractivity contribution is 8.00. The van der Waals surface area contributed by atoms with Gasteiger partial charge in [0.1, 0.15) is 11.6 Å². The molecule has 0 bridgehead atoms. The summed E-state index contributed by atoms with van der Waals surface area (Å²) in [6.07, 6.45) is 4.80. The van der Waals surface area contributed by atoms with Crippen molar-refractivity contribution in [2.45, 2.75) is 55.0 Å². The van der Waals surface area contributed by atoms with Gasteiger partial charge in [-0.2, -0.15) is 0 Å². The molecule has 1 amide bonds. The number of anilines is 1. The molecule has 0 spiro atoms. The number of ether oxygens (including phenoxy) is 1. The van der Waals surface area contributed by atoms with Crippen molar-refractivity contribution < 1.29 is 9.53 Å². The number of rotatable bonds is 7. The van der Waals surface area contributed by atoms with Gasteiger partial charge in [-0.3, -0.25) is 4.79 Å². The molecule has 2 aromatic rings. The van der Waals surface area contributed by atoms with Gasteiger partial charge < -0.3 is 14.6 Å². The van der Waals surface area contributed by atoms with Gasteiger partial charge in [0, 0.05) is 23.7 Å². The van der Waals surface area contributed by atoms with E-state index in [1.165, 1.54) is 37.4 Å². The van der Waals surface area contributed by atoms with E-state index in [2.05, 4.69) is 20.1 Å². The van der Waals surface area contributed by atoms with Crippen molar-refractivity contribution in [2.24, 2.45) is 0 Å². The highest BCUT2D eigenvalue weighted by Crippen LogP contribution is 2.46. The van der Waals surface area contributed by atoms with Gasteiger partial charge in [-0.05, 0) is 44.7 Å². The molecule has 1 heterocycles. The predicted molar refractivity (Wildman–Crippen MR) is 97.2 cm³/mol. The molecule has 7 heteroatoms. The van der Waals surface area contributed by atoms with Crippen LogP contribution in [0.5, 0.6) is 5.75 Å². The first kappa shape index (κ1) is 16.4. The van der Waals surface area contributed by atoms with Crippen LogP contribution in [0.2, 0.25) is 0 Å². The van der Waals surface area contributed by atoms with E-state index < -0.39 is 0 Å². The molecule has 25 heavy (non-hydrogen) atoms. The fraction of sp³-hybridized carbons (Fsp3) is 0.500. The van der Waals surface area contributed by atoms with E-state index >= 15 is 0 Å². The number of benzene rings is 1. The zero-order valence-electron chi connectivity index (χ0n) is 14.4. The molecule has 0 aliphatic heterocycles. The summed E-state index contributed by atoms with van der Waals surface area (Å²) in [7, 11) is 1.61. The van der Waals surface area contributed by atoms with Gasteiger partial charge in [0.15, 0.2) is 5.16 Å². The van der Waals surface area contributed by atoms with E-state index in [0.717, 1.165) is 22.4 Å². The van der Waals surface area contributed by atoms with Crippen LogP contribution in [0.15, 0.2) is 29.4 Å². The molecule has 0 radical (unpaired) electrons. The summed E-state index contributed by atoms with van der Waals surface area (Å²) in [6.45, 7) is 1.91. The summed E-state index contributed by atoms with van der Waals surface area (Å²) in [5.74, 6) is 2.37. The van der Waals surface area contributed by atoms with Gasteiger partial charge in [-0.25, -0.2) is 0 Å². The second-order valence-corrected chi connectivity index (χ2v) is 8.01. The predicted octanol–water partition coefficient (Wildman–Crippen LogP) is 3.62. The smallest absolute Gasteiger partial charge is 0.237 e. The molecule has 6 nitrogen and oxygen atoms in total. The highest BCUT2D eigenvalue weighted by Gasteiger charge is 2.37. The Kier molecular flexibility index (Phi) is 4.41. The normalized spacial score (nSPS) is 18.0. The number of methoxy groups -OCH3 is 1. The van der Waals surface area contributed by atoms with Gasteiger partial charge in [0.05, 0.1) is 12.4 Å². The van der Waals surface area contributed by atoms with Crippen molar-refractivity contribution >= 4 is 23.4 Å². The summed E-state index contributed by atoms with van der Waals surface area (Å²) < 4.78 is 7.47. The Hall–Kier alpha value is -2.02. The van der Waals surface area contributed by atoms with Crippen molar-refractivity contribution in [3.05, 3.63) is 30.1 Å². The molecular weight excluding hydrogens is 336 g/mol. The number of thioether (sulfide) groups is 1. The number of nitrogens with zero attached hydrogens (tertiary/aromatic N) is 3. The molecule has 4 rings (SSSR count). The van der Waals surface area contributed by atoms with Gasteiger partial charge in [-0.1, -0.05) is 17.8 Å². The second kappa shape index (κ2) is 6.71. The fourth-order valence-corrected chi connectivity index (χ4v) is 3.75. The number of carbonyl (C=O) groups is 1. The lowest BCUT2D eigenvalue weighted by Gasteiger charge is -2.13. The topological polar surface area (TPSA) is 69.0 Å². The first-order valence-corrected chi connectivity index (χ1v) is 9.60. The third-order valence-corrected chi connectivity index (χ3v) is 5.59. The average Bonchev–Trinajstić information content (AvgIpc) is 3.54. The van der Waals surface area contributed by atoms with E-state index in [4.69, 9.17) is 4.74 Å². The molecule has 0 saturated heterocycles. The first-order chi connectivity index (χ1) is 12.2. The largest absolute Gasteiger partial charge is 0.497 e. The Bertz CT molecular complexity index is 783. The molecular formula is C18H22N4O2S. The Labute approximate surface area is 151 Å². The van der Waals surface area contributed by atoms with Crippen LogP contribution in [-0.4, -0.2) is 33.0 Å². The van der Waals surface area contributed by atoms with Gasteiger partial charge in [0.25, 0.3) is 0 Å². The number of hydrogen-bond donors (Lipinski definition) is 1. The molecule has 2 fully saturated rings. The SMILES string of the molecule is COc1cccc(NC(=O)[C@H](C)Sc2nnc(C3CC3)n2C2CC2)c1. The van der Waals surface area contributed by atoms with Crippen molar-refractivity contribution in [3.63, 3.8) is 0 Å². The highest BCUT2D eigenvalue weighted by atomic mass is 32.2. The minimum atomic E-state index is -0.250. The average molecular weight is 358 g/mol. The van der Waals surface area contributed by atoms with Crippen molar-refractivity contribution in [2.75, 3.05) is 12.4 Å². The molecule has 1 atom stereocenters. The zero-order valence-corrected chi connectivity index (χ0v) is 15.3. The van der Waals surface area contributed by atoms with Crippen LogP contribution < -0.4 is 10.1 Å². The van der Waals surface area contributed by atoms with E-state index in [9.17, 15) is 4.79 Å².